The van der Waals surface area contributed by atoms with E-state index in [4.69, 9.17) is 9.57 Å². The largest absolute Gasteiger partial charge is 0.489 e. The van der Waals surface area contributed by atoms with Crippen LogP contribution in [0.25, 0.3) is 0 Å². The van der Waals surface area contributed by atoms with Gasteiger partial charge in [-0.05, 0) is 35.4 Å². The number of ether oxygens (including phenoxy) is 1. The number of sulfonamides is 1. The molecule has 0 N–H and O–H groups in total. The number of hydroxylamine groups is 2. The van der Waals surface area contributed by atoms with Crippen molar-refractivity contribution in [3.63, 3.8) is 0 Å². The molecular weight excluding hydrogens is 481 g/mol. The Balaban J connectivity index is 1.26. The Kier molecular flexibility index (Phi) is 7.25. The zero-order valence-electron chi connectivity index (χ0n) is 20.2. The molecule has 2 aliphatic heterocycles. The summed E-state index contributed by atoms with van der Waals surface area (Å²) in [4.78, 5) is 7.58. The Morgan fingerprint density at radius 3 is 2.28 bits per heavy atom. The van der Waals surface area contributed by atoms with Gasteiger partial charge in [-0.25, -0.2) is 12.8 Å². The first-order chi connectivity index (χ1) is 17.4. The second-order valence-electron chi connectivity index (χ2n) is 9.05. The van der Waals surface area contributed by atoms with Crippen LogP contribution in [0.2, 0.25) is 0 Å². The molecule has 0 unspecified atom stereocenters. The van der Waals surface area contributed by atoms with Crippen molar-refractivity contribution >= 4 is 15.7 Å². The summed E-state index contributed by atoms with van der Waals surface area (Å²) in [5, 5.41) is 0.885. The lowest BCUT2D eigenvalue weighted by molar-refractivity contribution is -0.110. The quantitative estimate of drug-likeness (QED) is 0.480. The Morgan fingerprint density at radius 2 is 1.58 bits per heavy atom. The number of rotatable bonds is 7. The van der Waals surface area contributed by atoms with Crippen LogP contribution in [0, 0.1) is 5.82 Å². The molecule has 0 radical (unpaired) electrons. The van der Waals surface area contributed by atoms with Crippen LogP contribution >= 0.6 is 0 Å². The molecule has 3 aromatic rings. The van der Waals surface area contributed by atoms with Crippen LogP contribution in [0.3, 0.4) is 0 Å². The van der Waals surface area contributed by atoms with Crippen molar-refractivity contribution in [2.75, 3.05) is 44.7 Å². The zero-order valence-corrected chi connectivity index (χ0v) is 21.0. The van der Waals surface area contributed by atoms with Gasteiger partial charge in [0, 0.05) is 33.2 Å². The van der Waals surface area contributed by atoms with Crippen LogP contribution in [-0.4, -0.2) is 62.9 Å². The molecule has 2 atom stereocenters. The number of piperazine rings is 1. The highest BCUT2D eigenvalue weighted by Crippen LogP contribution is 2.36. The molecule has 0 amide bonds. The van der Waals surface area contributed by atoms with E-state index in [0.717, 1.165) is 11.1 Å². The molecule has 36 heavy (non-hydrogen) atoms. The van der Waals surface area contributed by atoms with E-state index in [2.05, 4.69) is 0 Å². The van der Waals surface area contributed by atoms with Crippen molar-refractivity contribution in [3.05, 3.63) is 95.8 Å². The van der Waals surface area contributed by atoms with E-state index in [9.17, 15) is 12.8 Å². The fourth-order valence-corrected chi connectivity index (χ4v) is 6.80. The lowest BCUT2D eigenvalue weighted by Gasteiger charge is -2.37. The first kappa shape index (κ1) is 24.7. The molecular formula is C27H30FN3O4S. The average molecular weight is 512 g/mol. The van der Waals surface area contributed by atoms with Gasteiger partial charge in [0.2, 0.25) is 10.0 Å². The maximum atomic E-state index is 14.2. The van der Waals surface area contributed by atoms with Gasteiger partial charge in [0.15, 0.2) is 0 Å². The minimum atomic E-state index is -3.65. The van der Waals surface area contributed by atoms with Crippen LogP contribution in [0.5, 0.6) is 5.75 Å². The third-order valence-corrected chi connectivity index (χ3v) is 9.07. The number of nitrogens with zero attached hydrogens (tertiary/aromatic N) is 3. The van der Waals surface area contributed by atoms with Crippen LogP contribution in [-0.2, 0) is 21.5 Å². The number of anilines is 1. The Labute approximate surface area is 211 Å². The van der Waals surface area contributed by atoms with Gasteiger partial charge >= 0.3 is 0 Å². The number of halogens is 1. The molecule has 2 heterocycles. The third-order valence-electron chi connectivity index (χ3n) is 6.83. The average Bonchev–Trinajstić information content (AvgIpc) is 3.31. The van der Waals surface area contributed by atoms with Gasteiger partial charge in [-0.2, -0.15) is 9.37 Å². The molecule has 3 aromatic carbocycles. The van der Waals surface area contributed by atoms with Crippen LogP contribution in [0.4, 0.5) is 10.1 Å². The molecule has 0 spiro atoms. The van der Waals surface area contributed by atoms with E-state index in [1.165, 1.54) is 10.4 Å². The van der Waals surface area contributed by atoms with E-state index >= 15 is 0 Å². The second-order valence-corrected chi connectivity index (χ2v) is 11.2. The van der Waals surface area contributed by atoms with Gasteiger partial charge in [-0.3, -0.25) is 4.84 Å². The van der Waals surface area contributed by atoms with Gasteiger partial charge in [-0.15, -0.1) is 0 Å². The minimum Gasteiger partial charge on any atom is -0.489 e. The number of para-hydroxylation sites is 1. The Hall–Kier alpha value is -2.98. The molecule has 0 aliphatic carbocycles. The third kappa shape index (κ3) is 5.10. The summed E-state index contributed by atoms with van der Waals surface area (Å²) in [5.74, 6) is 0.420. The summed E-state index contributed by atoms with van der Waals surface area (Å²) in [7, 11) is -1.89. The normalized spacial score (nSPS) is 21.6. The summed E-state index contributed by atoms with van der Waals surface area (Å²) >= 11 is 0. The highest BCUT2D eigenvalue weighted by atomic mass is 32.2. The van der Waals surface area contributed by atoms with Crippen molar-refractivity contribution in [1.82, 2.24) is 9.37 Å². The van der Waals surface area contributed by atoms with E-state index in [1.54, 1.807) is 30.3 Å². The second kappa shape index (κ2) is 10.6. The SMILES string of the molecule is CN1OC[C@H](S(=O)(=O)N2CCN(c3ccccc3F)CC2)[C@@H]1c1ccc(OCc2ccccc2)cc1. The summed E-state index contributed by atoms with van der Waals surface area (Å²) in [5.41, 5.74) is 2.43. The molecule has 5 rings (SSSR count). The number of hydrogen-bond donors (Lipinski definition) is 0. The van der Waals surface area contributed by atoms with Gasteiger partial charge < -0.3 is 9.64 Å². The van der Waals surface area contributed by atoms with Gasteiger partial charge in [0.25, 0.3) is 0 Å². The van der Waals surface area contributed by atoms with E-state index < -0.39 is 21.3 Å². The highest BCUT2D eigenvalue weighted by molar-refractivity contribution is 7.89. The molecule has 0 aromatic heterocycles. The predicted molar refractivity (Wildman–Crippen MR) is 137 cm³/mol. The van der Waals surface area contributed by atoms with Crippen LogP contribution < -0.4 is 9.64 Å². The number of benzene rings is 3. The lowest BCUT2D eigenvalue weighted by Crippen LogP contribution is -2.52. The van der Waals surface area contributed by atoms with Crippen LogP contribution in [0.1, 0.15) is 17.2 Å². The van der Waals surface area contributed by atoms with E-state index in [-0.39, 0.29) is 12.4 Å². The van der Waals surface area contributed by atoms with Crippen molar-refractivity contribution in [3.8, 4) is 5.75 Å². The van der Waals surface area contributed by atoms with E-state index in [0.29, 0.717) is 44.2 Å². The maximum Gasteiger partial charge on any atom is 0.221 e. The van der Waals surface area contributed by atoms with E-state index in [1.807, 2.05) is 59.5 Å². The number of hydrogen-bond acceptors (Lipinski definition) is 6. The van der Waals surface area contributed by atoms with Crippen LogP contribution in [0.15, 0.2) is 78.9 Å². The zero-order chi connectivity index (χ0) is 25.1. The highest BCUT2D eigenvalue weighted by Gasteiger charge is 2.46. The van der Waals surface area contributed by atoms with Gasteiger partial charge in [0.1, 0.15) is 23.4 Å². The Bertz CT molecular complexity index is 1270. The monoisotopic (exact) mass is 511 g/mol. The molecule has 0 saturated carbocycles. The molecule has 2 saturated heterocycles. The predicted octanol–water partition coefficient (Wildman–Crippen LogP) is 3.84. The fraction of sp³-hybridized carbons (Fsp3) is 0.333. The van der Waals surface area contributed by atoms with Crippen molar-refractivity contribution in [2.45, 2.75) is 17.9 Å². The summed E-state index contributed by atoms with van der Waals surface area (Å²) in [6, 6.07) is 23.6. The molecule has 7 nitrogen and oxygen atoms in total. The maximum absolute atomic E-state index is 14.2. The summed E-state index contributed by atoms with van der Waals surface area (Å²) < 4.78 is 48.9. The molecule has 2 aliphatic rings. The fourth-order valence-electron chi connectivity index (χ4n) is 4.86. The summed E-state index contributed by atoms with van der Waals surface area (Å²) in [6.07, 6.45) is 0. The summed E-state index contributed by atoms with van der Waals surface area (Å²) in [6.45, 7) is 2.01. The molecule has 190 valence electrons. The van der Waals surface area contributed by atoms with Crippen molar-refractivity contribution < 1.29 is 22.4 Å². The first-order valence-electron chi connectivity index (χ1n) is 12.0. The van der Waals surface area contributed by atoms with Crippen molar-refractivity contribution in [2.24, 2.45) is 0 Å². The molecule has 2 fully saturated rings. The topological polar surface area (TPSA) is 62.3 Å². The van der Waals surface area contributed by atoms with Crippen molar-refractivity contribution in [1.29, 1.82) is 0 Å². The molecule has 9 heteroatoms. The standard InChI is InChI=1S/C27H30FN3O4S/c1-29-27(22-11-13-23(14-12-22)34-19-21-7-3-2-4-8-21)26(20-35-29)36(32,33)31-17-15-30(16-18-31)25-10-6-5-9-24(25)28/h2-14,26-27H,15-20H2,1H3/t26-,27-/m0/s1. The lowest BCUT2D eigenvalue weighted by atomic mass is 10.0. The molecule has 0 bridgehead atoms. The van der Waals surface area contributed by atoms with Gasteiger partial charge in [-0.1, -0.05) is 54.6 Å². The van der Waals surface area contributed by atoms with Gasteiger partial charge in [0.05, 0.1) is 18.3 Å². The first-order valence-corrected chi connectivity index (χ1v) is 13.5. The smallest absolute Gasteiger partial charge is 0.221 e. The Morgan fingerprint density at radius 1 is 0.917 bits per heavy atom. The minimum absolute atomic E-state index is 0.0866.